The molecule has 0 radical (unpaired) electrons. The summed E-state index contributed by atoms with van der Waals surface area (Å²) in [5.74, 6) is -2.77. The van der Waals surface area contributed by atoms with E-state index in [0.29, 0.717) is 29.0 Å². The molecular formula is C24H17F4N5O2. The van der Waals surface area contributed by atoms with Crippen LogP contribution in [0.5, 0.6) is 0 Å². The van der Waals surface area contributed by atoms with E-state index >= 15 is 0 Å². The molecule has 0 saturated carbocycles. The molecule has 3 N–H and O–H groups in total. The predicted molar refractivity (Wildman–Crippen MR) is 123 cm³/mol. The van der Waals surface area contributed by atoms with E-state index in [9.17, 15) is 27.2 Å². The first-order valence-corrected chi connectivity index (χ1v) is 10.2. The number of halogens is 4. The fourth-order valence-electron chi connectivity index (χ4n) is 3.27. The lowest BCUT2D eigenvalue weighted by molar-refractivity contribution is -0.137. The van der Waals surface area contributed by atoms with E-state index in [2.05, 4.69) is 25.8 Å². The topological polar surface area (TPSA) is 99.8 Å². The average Bonchev–Trinajstić information content (AvgIpc) is 3.19. The zero-order chi connectivity index (χ0) is 25.0. The molecule has 4 rings (SSSR count). The minimum atomic E-state index is -4.78. The number of alkyl halides is 3. The molecule has 0 aliphatic heterocycles. The zero-order valence-corrected chi connectivity index (χ0v) is 17.9. The second kappa shape index (κ2) is 9.75. The maximum absolute atomic E-state index is 13.5. The number of nitrogens with zero attached hydrogens (tertiary/aromatic N) is 2. The van der Waals surface area contributed by atoms with Crippen molar-refractivity contribution in [3.05, 3.63) is 83.6 Å². The normalized spacial score (nSPS) is 11.7. The molecule has 2 aromatic carbocycles. The van der Waals surface area contributed by atoms with Crippen molar-refractivity contribution in [2.75, 3.05) is 10.6 Å². The Balaban J connectivity index is 1.39. The molecule has 0 fully saturated rings. The van der Waals surface area contributed by atoms with Crippen molar-refractivity contribution < 1.29 is 27.2 Å². The highest BCUT2D eigenvalue weighted by molar-refractivity contribution is 6.08. The lowest BCUT2D eigenvalue weighted by Crippen LogP contribution is -2.21. The predicted octanol–water partition coefficient (Wildman–Crippen LogP) is 5.25. The number of aromatic nitrogens is 3. The van der Waals surface area contributed by atoms with Crippen LogP contribution < -0.4 is 10.6 Å². The standard InChI is InChI=1S/C24H17F4N5O2/c25-15-9-14(24(26,27)28)10-18(11-15)31-23(35)13-22(34)30-17-4-6-19-20(32-33-21(19)12-17)7-5-16-3-1-2-8-29-16/h1-12H,13H2,(H,30,34)(H,31,35)(H,32,33)/b7-5+. The minimum Gasteiger partial charge on any atom is -0.326 e. The van der Waals surface area contributed by atoms with Gasteiger partial charge in [0.2, 0.25) is 11.8 Å². The highest BCUT2D eigenvalue weighted by Crippen LogP contribution is 2.31. The summed E-state index contributed by atoms with van der Waals surface area (Å²) < 4.78 is 51.9. The number of carbonyl (C=O) groups excluding carboxylic acids is 2. The van der Waals surface area contributed by atoms with Gasteiger partial charge < -0.3 is 10.6 Å². The number of H-pyrrole nitrogens is 1. The Labute approximate surface area is 195 Å². The number of carbonyl (C=O) groups is 2. The maximum Gasteiger partial charge on any atom is 0.416 e. The second-order valence-electron chi connectivity index (χ2n) is 7.46. The van der Waals surface area contributed by atoms with Crippen molar-refractivity contribution >= 4 is 46.2 Å². The van der Waals surface area contributed by atoms with Gasteiger partial charge in [-0.15, -0.1) is 0 Å². The Bertz CT molecular complexity index is 1410. The van der Waals surface area contributed by atoms with Crippen molar-refractivity contribution in [1.29, 1.82) is 0 Å². The Hall–Kier alpha value is -4.54. The molecule has 2 heterocycles. The van der Waals surface area contributed by atoms with Gasteiger partial charge in [-0.3, -0.25) is 19.7 Å². The lowest BCUT2D eigenvalue weighted by Gasteiger charge is -2.11. The van der Waals surface area contributed by atoms with Gasteiger partial charge in [0.15, 0.2) is 0 Å². The van der Waals surface area contributed by atoms with Crippen molar-refractivity contribution in [2.45, 2.75) is 12.6 Å². The highest BCUT2D eigenvalue weighted by Gasteiger charge is 2.31. The molecule has 0 bridgehead atoms. The van der Waals surface area contributed by atoms with Gasteiger partial charge in [0.1, 0.15) is 12.2 Å². The lowest BCUT2D eigenvalue weighted by atomic mass is 10.1. The Morgan fingerprint density at radius 3 is 2.43 bits per heavy atom. The van der Waals surface area contributed by atoms with E-state index in [4.69, 9.17) is 0 Å². The number of aromatic amines is 1. The zero-order valence-electron chi connectivity index (χ0n) is 17.9. The third-order valence-corrected chi connectivity index (χ3v) is 4.81. The largest absolute Gasteiger partial charge is 0.416 e. The van der Waals surface area contributed by atoms with Crippen molar-refractivity contribution in [3.63, 3.8) is 0 Å². The van der Waals surface area contributed by atoms with Gasteiger partial charge in [0.05, 0.1) is 22.5 Å². The first kappa shape index (κ1) is 23.6. The van der Waals surface area contributed by atoms with E-state index in [1.165, 1.54) is 0 Å². The summed E-state index contributed by atoms with van der Waals surface area (Å²) in [5, 5.41) is 12.5. The molecule has 2 aromatic heterocycles. The Morgan fingerprint density at radius 2 is 1.71 bits per heavy atom. The van der Waals surface area contributed by atoms with Crippen LogP contribution in [0.15, 0.2) is 60.8 Å². The SMILES string of the molecule is O=C(CC(=O)Nc1ccc2c(/C=C/c3ccccn3)n[nH]c2c1)Nc1cc(F)cc(C(F)(F)F)c1. The maximum atomic E-state index is 13.5. The number of fused-ring (bicyclic) bond motifs is 1. The van der Waals surface area contributed by atoms with Gasteiger partial charge in [0, 0.05) is 23.0 Å². The molecule has 0 spiro atoms. The quantitative estimate of drug-likeness (QED) is 0.258. The van der Waals surface area contributed by atoms with Crippen LogP contribution in [-0.2, 0) is 15.8 Å². The summed E-state index contributed by atoms with van der Waals surface area (Å²) in [6, 6.07) is 12.1. The number of rotatable bonds is 6. The third-order valence-electron chi connectivity index (χ3n) is 4.81. The van der Waals surface area contributed by atoms with Crippen LogP contribution >= 0.6 is 0 Å². The van der Waals surface area contributed by atoms with Gasteiger partial charge in [-0.1, -0.05) is 6.07 Å². The summed E-state index contributed by atoms with van der Waals surface area (Å²) in [6.07, 6.45) is -0.189. The average molecular weight is 483 g/mol. The second-order valence-corrected chi connectivity index (χ2v) is 7.46. The van der Waals surface area contributed by atoms with Gasteiger partial charge in [-0.2, -0.15) is 18.3 Å². The van der Waals surface area contributed by atoms with Crippen LogP contribution in [0.1, 0.15) is 23.4 Å². The first-order valence-electron chi connectivity index (χ1n) is 10.2. The number of benzene rings is 2. The smallest absolute Gasteiger partial charge is 0.326 e. The van der Waals surface area contributed by atoms with Gasteiger partial charge in [-0.25, -0.2) is 4.39 Å². The minimum absolute atomic E-state index is 0.313. The van der Waals surface area contributed by atoms with Gasteiger partial charge >= 0.3 is 6.18 Å². The van der Waals surface area contributed by atoms with E-state index in [1.54, 1.807) is 36.5 Å². The Kier molecular flexibility index (Phi) is 6.58. The van der Waals surface area contributed by atoms with E-state index in [-0.39, 0.29) is 0 Å². The number of amides is 2. The highest BCUT2D eigenvalue weighted by atomic mass is 19.4. The monoisotopic (exact) mass is 483 g/mol. The van der Waals surface area contributed by atoms with Crippen LogP contribution in [0, 0.1) is 5.82 Å². The molecule has 11 heteroatoms. The summed E-state index contributed by atoms with van der Waals surface area (Å²) >= 11 is 0. The summed E-state index contributed by atoms with van der Waals surface area (Å²) in [6.45, 7) is 0. The van der Waals surface area contributed by atoms with E-state index in [1.807, 2.05) is 18.2 Å². The van der Waals surface area contributed by atoms with Crippen LogP contribution in [0.25, 0.3) is 23.1 Å². The fraction of sp³-hybridized carbons (Fsp3) is 0.0833. The Morgan fingerprint density at radius 1 is 0.943 bits per heavy atom. The number of anilines is 2. The molecule has 0 unspecified atom stereocenters. The molecule has 0 atom stereocenters. The first-order chi connectivity index (χ1) is 16.7. The molecule has 2 amide bonds. The molecule has 7 nitrogen and oxygen atoms in total. The molecule has 4 aromatic rings. The fourth-order valence-corrected chi connectivity index (χ4v) is 3.27. The van der Waals surface area contributed by atoms with E-state index < -0.39 is 41.5 Å². The summed E-state index contributed by atoms with van der Waals surface area (Å²) in [5.41, 5.74) is 0.784. The van der Waals surface area contributed by atoms with Crippen molar-refractivity contribution in [3.8, 4) is 0 Å². The number of nitrogens with one attached hydrogen (secondary N) is 3. The van der Waals surface area contributed by atoms with Crippen molar-refractivity contribution in [2.24, 2.45) is 0 Å². The van der Waals surface area contributed by atoms with Crippen LogP contribution in [0.2, 0.25) is 0 Å². The number of hydrogen-bond donors (Lipinski definition) is 3. The van der Waals surface area contributed by atoms with Gasteiger partial charge in [0.25, 0.3) is 0 Å². The van der Waals surface area contributed by atoms with Gasteiger partial charge in [-0.05, 0) is 60.7 Å². The molecule has 0 aliphatic rings. The number of hydrogen-bond acceptors (Lipinski definition) is 4. The van der Waals surface area contributed by atoms with Crippen molar-refractivity contribution in [1.82, 2.24) is 15.2 Å². The summed E-state index contributed by atoms with van der Waals surface area (Å²) in [7, 11) is 0. The molecule has 178 valence electrons. The summed E-state index contributed by atoms with van der Waals surface area (Å²) in [4.78, 5) is 28.5. The van der Waals surface area contributed by atoms with E-state index in [0.717, 1.165) is 17.1 Å². The van der Waals surface area contributed by atoms with Crippen LogP contribution in [0.3, 0.4) is 0 Å². The molecule has 35 heavy (non-hydrogen) atoms. The number of pyridine rings is 1. The van der Waals surface area contributed by atoms with Crippen LogP contribution in [0.4, 0.5) is 28.9 Å². The molecular weight excluding hydrogens is 466 g/mol. The van der Waals surface area contributed by atoms with Crippen LogP contribution in [-0.4, -0.2) is 27.0 Å². The molecule has 0 aliphatic carbocycles. The third kappa shape index (κ3) is 6.08. The molecule has 0 saturated heterocycles.